The van der Waals surface area contributed by atoms with E-state index < -0.39 is 0 Å². The van der Waals surface area contributed by atoms with E-state index in [0.717, 1.165) is 10.6 Å². The largest absolute Gasteiger partial charge is 0.288 e. The molecule has 0 bridgehead atoms. The van der Waals surface area contributed by atoms with Gasteiger partial charge in [-0.25, -0.2) is 0 Å². The summed E-state index contributed by atoms with van der Waals surface area (Å²) in [5.74, 6) is -0.628. The van der Waals surface area contributed by atoms with Crippen molar-refractivity contribution in [3.05, 3.63) is 65.2 Å². The van der Waals surface area contributed by atoms with Crippen LogP contribution < -0.4 is 5.43 Å². The second-order valence-corrected chi connectivity index (χ2v) is 4.47. The summed E-state index contributed by atoms with van der Waals surface area (Å²) in [6.45, 7) is 1.89. The molecule has 0 spiro atoms. The van der Waals surface area contributed by atoms with Crippen molar-refractivity contribution >= 4 is 17.5 Å². The van der Waals surface area contributed by atoms with Crippen LogP contribution >= 0.6 is 0 Å². The monoisotopic (exact) mass is 252 g/mol. The summed E-state index contributed by atoms with van der Waals surface area (Å²) in [7, 11) is 0. The lowest BCUT2D eigenvalue weighted by Gasteiger charge is -2.16. The molecule has 3 rings (SSSR count). The van der Waals surface area contributed by atoms with E-state index in [2.05, 4.69) is 5.43 Å². The molecular formula is C15H12N2O2. The van der Waals surface area contributed by atoms with Gasteiger partial charge < -0.3 is 0 Å². The van der Waals surface area contributed by atoms with E-state index in [-0.39, 0.29) is 11.8 Å². The molecule has 1 N–H and O–H groups in total. The first-order valence-corrected chi connectivity index (χ1v) is 5.98. The Balaban J connectivity index is 1.95. The summed E-state index contributed by atoms with van der Waals surface area (Å²) >= 11 is 0. The van der Waals surface area contributed by atoms with Gasteiger partial charge in [-0.1, -0.05) is 29.8 Å². The Morgan fingerprint density at radius 2 is 1.58 bits per heavy atom. The van der Waals surface area contributed by atoms with Gasteiger partial charge in [0.25, 0.3) is 11.8 Å². The van der Waals surface area contributed by atoms with Crippen LogP contribution in [0, 0.1) is 6.92 Å². The molecule has 0 aliphatic carbocycles. The Morgan fingerprint density at radius 1 is 0.895 bits per heavy atom. The third kappa shape index (κ3) is 1.87. The fourth-order valence-corrected chi connectivity index (χ4v) is 2.10. The zero-order valence-electron chi connectivity index (χ0n) is 10.4. The Bertz CT molecular complexity index is 665. The second kappa shape index (κ2) is 4.24. The summed E-state index contributed by atoms with van der Waals surface area (Å²) in [5.41, 5.74) is 5.40. The molecule has 4 heteroatoms. The highest BCUT2D eigenvalue weighted by atomic mass is 16.2. The number of rotatable bonds is 2. The highest BCUT2D eigenvalue weighted by molar-refractivity contribution is 6.22. The Kier molecular flexibility index (Phi) is 2.56. The number of imide groups is 1. The lowest BCUT2D eigenvalue weighted by Crippen LogP contribution is -2.35. The fraction of sp³-hybridized carbons (Fsp3) is 0.0667. The number of anilines is 1. The summed E-state index contributed by atoms with van der Waals surface area (Å²) in [4.78, 5) is 24.4. The topological polar surface area (TPSA) is 49.4 Å². The first kappa shape index (κ1) is 11.5. The molecule has 1 aliphatic rings. The molecule has 19 heavy (non-hydrogen) atoms. The van der Waals surface area contributed by atoms with Gasteiger partial charge in [0.1, 0.15) is 0 Å². The highest BCUT2D eigenvalue weighted by Gasteiger charge is 2.35. The standard InChI is InChI=1S/C15H12N2O2/c1-10-7-8-12-13(9-10)15(19)17(14(12)18)16-11-5-3-2-4-6-11/h2-9,16H,1H3. The van der Waals surface area contributed by atoms with Crippen molar-refractivity contribution in [3.63, 3.8) is 0 Å². The van der Waals surface area contributed by atoms with E-state index >= 15 is 0 Å². The van der Waals surface area contributed by atoms with E-state index in [9.17, 15) is 9.59 Å². The molecule has 1 aliphatic heterocycles. The normalized spacial score (nSPS) is 13.6. The first-order valence-electron chi connectivity index (χ1n) is 5.98. The molecule has 4 nitrogen and oxygen atoms in total. The predicted molar refractivity (Wildman–Crippen MR) is 71.7 cm³/mol. The number of benzene rings is 2. The van der Waals surface area contributed by atoms with Crippen molar-refractivity contribution in [3.8, 4) is 0 Å². The first-order chi connectivity index (χ1) is 9.16. The van der Waals surface area contributed by atoms with Crippen molar-refractivity contribution in [1.82, 2.24) is 5.01 Å². The van der Waals surface area contributed by atoms with Gasteiger partial charge in [-0.15, -0.1) is 0 Å². The molecule has 2 amide bonds. The van der Waals surface area contributed by atoms with Crippen LogP contribution in [0.15, 0.2) is 48.5 Å². The predicted octanol–water partition coefficient (Wildman–Crippen LogP) is 2.62. The quantitative estimate of drug-likeness (QED) is 0.836. The zero-order chi connectivity index (χ0) is 13.4. The van der Waals surface area contributed by atoms with Crippen LogP contribution in [0.1, 0.15) is 26.3 Å². The van der Waals surface area contributed by atoms with Crippen LogP contribution in [0.5, 0.6) is 0 Å². The molecule has 94 valence electrons. The summed E-state index contributed by atoms with van der Waals surface area (Å²) in [6.07, 6.45) is 0. The van der Waals surface area contributed by atoms with Gasteiger partial charge >= 0.3 is 0 Å². The third-order valence-electron chi connectivity index (χ3n) is 3.06. The molecule has 0 saturated carbocycles. The van der Waals surface area contributed by atoms with Crippen LogP contribution in [0.4, 0.5) is 5.69 Å². The molecule has 0 unspecified atom stereocenters. The van der Waals surface area contributed by atoms with Crippen LogP contribution in [0.3, 0.4) is 0 Å². The van der Waals surface area contributed by atoms with E-state index in [1.54, 1.807) is 24.3 Å². The Hall–Kier alpha value is -2.62. The fourth-order valence-electron chi connectivity index (χ4n) is 2.10. The van der Waals surface area contributed by atoms with Gasteiger partial charge in [-0.3, -0.25) is 15.0 Å². The number of para-hydroxylation sites is 1. The van der Waals surface area contributed by atoms with Crippen LogP contribution in [-0.2, 0) is 0 Å². The smallest absolute Gasteiger partial charge is 0.280 e. The van der Waals surface area contributed by atoms with Gasteiger partial charge in [-0.2, -0.15) is 5.01 Å². The van der Waals surface area contributed by atoms with E-state index in [1.807, 2.05) is 31.2 Å². The molecule has 0 fully saturated rings. The zero-order valence-corrected chi connectivity index (χ0v) is 10.4. The van der Waals surface area contributed by atoms with E-state index in [1.165, 1.54) is 0 Å². The van der Waals surface area contributed by atoms with Crippen molar-refractivity contribution < 1.29 is 9.59 Å². The van der Waals surface area contributed by atoms with Crippen molar-refractivity contribution in [2.24, 2.45) is 0 Å². The molecule has 1 heterocycles. The van der Waals surface area contributed by atoms with Crippen molar-refractivity contribution in [2.45, 2.75) is 6.92 Å². The molecule has 0 radical (unpaired) electrons. The summed E-state index contributed by atoms with van der Waals surface area (Å²) < 4.78 is 0. The lowest BCUT2D eigenvalue weighted by atomic mass is 10.1. The van der Waals surface area contributed by atoms with Crippen LogP contribution in [0.2, 0.25) is 0 Å². The number of nitrogens with zero attached hydrogens (tertiary/aromatic N) is 1. The van der Waals surface area contributed by atoms with Gasteiger partial charge in [0.05, 0.1) is 16.8 Å². The van der Waals surface area contributed by atoms with Gasteiger partial charge in [0.15, 0.2) is 0 Å². The summed E-state index contributed by atoms with van der Waals surface area (Å²) in [5, 5.41) is 1.05. The number of amides is 2. The molecule has 0 aromatic heterocycles. The third-order valence-corrected chi connectivity index (χ3v) is 3.06. The Labute approximate surface area is 110 Å². The maximum absolute atomic E-state index is 12.2. The highest BCUT2D eigenvalue weighted by Crippen LogP contribution is 2.24. The van der Waals surface area contributed by atoms with Crippen molar-refractivity contribution in [1.29, 1.82) is 0 Å². The maximum Gasteiger partial charge on any atom is 0.280 e. The Morgan fingerprint density at radius 3 is 2.32 bits per heavy atom. The second-order valence-electron chi connectivity index (χ2n) is 4.47. The number of fused-ring (bicyclic) bond motifs is 1. The minimum absolute atomic E-state index is 0.312. The van der Waals surface area contributed by atoms with Crippen LogP contribution in [0.25, 0.3) is 0 Å². The average molecular weight is 252 g/mol. The SMILES string of the molecule is Cc1ccc2c(c1)C(=O)N(Nc1ccccc1)C2=O. The van der Waals surface area contributed by atoms with Gasteiger partial charge in [-0.05, 0) is 31.2 Å². The number of carbonyl (C=O) groups is 2. The number of aryl methyl sites for hydroxylation is 1. The van der Waals surface area contributed by atoms with Crippen molar-refractivity contribution in [2.75, 3.05) is 5.43 Å². The van der Waals surface area contributed by atoms with E-state index in [4.69, 9.17) is 0 Å². The lowest BCUT2D eigenvalue weighted by molar-refractivity contribution is 0.0691. The summed E-state index contributed by atoms with van der Waals surface area (Å²) in [6, 6.07) is 14.4. The van der Waals surface area contributed by atoms with Gasteiger partial charge in [0, 0.05) is 0 Å². The molecular weight excluding hydrogens is 240 g/mol. The minimum atomic E-state index is -0.316. The van der Waals surface area contributed by atoms with E-state index in [0.29, 0.717) is 16.8 Å². The molecule has 0 saturated heterocycles. The number of carbonyl (C=O) groups excluding carboxylic acids is 2. The number of nitrogens with one attached hydrogen (secondary N) is 1. The average Bonchev–Trinajstić information content (AvgIpc) is 2.65. The van der Waals surface area contributed by atoms with Gasteiger partial charge in [0.2, 0.25) is 0 Å². The number of hydrogen-bond donors (Lipinski definition) is 1. The minimum Gasteiger partial charge on any atom is -0.288 e. The van der Waals surface area contributed by atoms with Crippen LogP contribution in [-0.4, -0.2) is 16.8 Å². The number of hydrogen-bond acceptors (Lipinski definition) is 3. The molecule has 2 aromatic carbocycles. The number of hydrazine groups is 1. The maximum atomic E-state index is 12.2. The molecule has 2 aromatic rings. The molecule has 0 atom stereocenters.